The lowest BCUT2D eigenvalue weighted by atomic mass is 9.40. The van der Waals surface area contributed by atoms with E-state index in [-0.39, 0.29) is 23.7 Å². The number of halogens is 1. The average Bonchev–Trinajstić information content (AvgIpc) is 3.48. The van der Waals surface area contributed by atoms with Gasteiger partial charge in [-0.1, -0.05) is 48.5 Å². The standard InChI is InChI=1S/C23H34B6FN3O3S/c1-37(35,36)31-19-17(12-15-8-5-9-16(18(15)30)14-6-3-2-4-7-14)32(13-21(19)10-11-21)20(34)33(22(24,25)26)23(27,28)29/h2-9,17,19,31H,10-13,24-29H2,1H3/t17-,19+/m0/s1. The normalized spacial score (nSPS) is 21.2. The third-order valence-electron chi connectivity index (χ3n) is 7.53. The fourth-order valence-electron chi connectivity index (χ4n) is 6.16. The van der Waals surface area contributed by atoms with Gasteiger partial charge < -0.3 is 9.80 Å². The van der Waals surface area contributed by atoms with Crippen molar-refractivity contribution < 1.29 is 17.6 Å². The molecule has 0 radical (unpaired) electrons. The van der Waals surface area contributed by atoms with Crippen molar-refractivity contribution in [3.8, 4) is 11.1 Å². The molecule has 1 spiro atoms. The molecule has 0 bridgehead atoms. The Labute approximate surface area is 226 Å². The minimum absolute atomic E-state index is 0.145. The smallest absolute Gasteiger partial charge is 0.317 e. The van der Waals surface area contributed by atoms with Crippen molar-refractivity contribution in [2.45, 2.75) is 41.8 Å². The van der Waals surface area contributed by atoms with Gasteiger partial charge in [0.1, 0.15) is 52.9 Å². The Morgan fingerprint density at radius 2 is 1.65 bits per heavy atom. The maximum Gasteiger partial charge on any atom is 0.317 e. The van der Waals surface area contributed by atoms with Crippen LogP contribution in [0.1, 0.15) is 18.4 Å². The summed E-state index contributed by atoms with van der Waals surface area (Å²) in [7, 11) is 8.47. The number of nitrogens with zero attached hydrogens (tertiary/aromatic N) is 2. The van der Waals surface area contributed by atoms with Gasteiger partial charge in [0.2, 0.25) is 10.0 Å². The first kappa shape index (κ1) is 28.0. The molecule has 14 heteroatoms. The summed E-state index contributed by atoms with van der Waals surface area (Å²) in [6.45, 7) is 0.451. The van der Waals surface area contributed by atoms with E-state index in [1.165, 1.54) is 0 Å². The largest absolute Gasteiger partial charge is 0.360 e. The number of urea groups is 1. The molecule has 0 aromatic heterocycles. The van der Waals surface area contributed by atoms with Crippen LogP contribution in [0.3, 0.4) is 0 Å². The number of carbonyl (C=O) groups excluding carboxylic acids is 1. The fraction of sp³-hybridized carbons (Fsp3) is 0.435. The van der Waals surface area contributed by atoms with Crippen molar-refractivity contribution in [3.63, 3.8) is 0 Å². The monoisotopic (exact) mass is 517 g/mol. The van der Waals surface area contributed by atoms with Crippen LogP contribution in [-0.2, 0) is 16.4 Å². The van der Waals surface area contributed by atoms with Gasteiger partial charge >= 0.3 is 6.03 Å². The van der Waals surface area contributed by atoms with Crippen molar-refractivity contribution in [2.24, 2.45) is 5.41 Å². The Morgan fingerprint density at radius 3 is 2.16 bits per heavy atom. The molecule has 2 fully saturated rings. The molecule has 0 unspecified atom stereocenters. The van der Waals surface area contributed by atoms with Crippen LogP contribution in [0.4, 0.5) is 9.18 Å². The van der Waals surface area contributed by atoms with E-state index in [4.69, 9.17) is 0 Å². The number of likely N-dealkylation sites (tertiary alicyclic amines) is 1. The molecule has 1 N–H and O–H groups in total. The van der Waals surface area contributed by atoms with E-state index >= 15 is 4.39 Å². The summed E-state index contributed by atoms with van der Waals surface area (Å²) in [6, 6.07) is 13.5. The average molecular weight is 516 g/mol. The van der Waals surface area contributed by atoms with Crippen LogP contribution in [0.5, 0.6) is 0 Å². The zero-order valence-corrected chi connectivity index (χ0v) is 23.8. The molecule has 37 heavy (non-hydrogen) atoms. The zero-order valence-electron chi connectivity index (χ0n) is 23.0. The SMILES string of the molecule is BC(B)(B)N(C(=O)N1CC2(CC2)[C@H](NS(C)(=O)=O)[C@@H]1Cc1cccc(-c2ccccc2)c1F)C(B)(B)B. The molecular weight excluding hydrogens is 482 g/mol. The topological polar surface area (TPSA) is 69.7 Å². The van der Waals surface area contributed by atoms with E-state index in [1.54, 1.807) is 17.0 Å². The van der Waals surface area contributed by atoms with Gasteiger partial charge in [-0.25, -0.2) is 22.3 Å². The Hall–Kier alpha value is -2.06. The van der Waals surface area contributed by atoms with Crippen LogP contribution < -0.4 is 4.72 Å². The van der Waals surface area contributed by atoms with Crippen LogP contribution >= 0.6 is 0 Å². The molecule has 6 nitrogen and oxygen atoms in total. The van der Waals surface area contributed by atoms with Crippen molar-refractivity contribution in [1.29, 1.82) is 0 Å². The molecule has 1 saturated carbocycles. The highest BCUT2D eigenvalue weighted by molar-refractivity contribution is 7.88. The second-order valence-electron chi connectivity index (χ2n) is 12.7. The van der Waals surface area contributed by atoms with E-state index in [2.05, 4.69) is 4.72 Å². The van der Waals surface area contributed by atoms with Crippen LogP contribution in [-0.4, -0.2) is 107 Å². The molecule has 1 heterocycles. The lowest BCUT2D eigenvalue weighted by Crippen LogP contribution is -2.69. The predicted octanol–water partition coefficient (Wildman–Crippen LogP) is -3.14. The summed E-state index contributed by atoms with van der Waals surface area (Å²) in [5, 5.41) is -0.922. The number of carbonyl (C=O) groups is 1. The first-order chi connectivity index (χ1) is 17.0. The van der Waals surface area contributed by atoms with Crippen molar-refractivity contribution >= 4 is 63.1 Å². The molecule has 2 aliphatic rings. The molecular formula is C23H34B6FN3O3S. The van der Waals surface area contributed by atoms with Gasteiger partial charge in [-0.15, -0.1) is 0 Å². The molecule has 2 amide bonds. The predicted molar refractivity (Wildman–Crippen MR) is 163 cm³/mol. The van der Waals surface area contributed by atoms with E-state index < -0.39 is 32.6 Å². The maximum atomic E-state index is 15.9. The fourth-order valence-corrected chi connectivity index (χ4v) is 7.02. The summed E-state index contributed by atoms with van der Waals surface area (Å²) in [4.78, 5) is 17.9. The van der Waals surface area contributed by atoms with E-state index in [1.807, 2.05) is 88.4 Å². The first-order valence-corrected chi connectivity index (χ1v) is 14.8. The number of benzene rings is 2. The van der Waals surface area contributed by atoms with Gasteiger partial charge in [-0.05, 0) is 40.9 Å². The number of hydrogen-bond acceptors (Lipinski definition) is 3. The number of rotatable bonds is 7. The van der Waals surface area contributed by atoms with Crippen LogP contribution in [0.15, 0.2) is 48.5 Å². The number of nitrogens with one attached hydrogen (secondary N) is 1. The second kappa shape index (κ2) is 9.60. The molecule has 2 aromatic carbocycles. The molecule has 2 aromatic rings. The summed E-state index contributed by atoms with van der Waals surface area (Å²) in [6.07, 6.45) is 3.03. The van der Waals surface area contributed by atoms with Gasteiger partial charge in [-0.2, -0.15) is 0 Å². The summed E-state index contributed by atoms with van der Waals surface area (Å²) < 4.78 is 43.6. The highest BCUT2D eigenvalue weighted by atomic mass is 32.2. The third-order valence-corrected chi connectivity index (χ3v) is 8.22. The van der Waals surface area contributed by atoms with E-state index in [9.17, 15) is 13.2 Å². The van der Waals surface area contributed by atoms with Crippen molar-refractivity contribution in [1.82, 2.24) is 14.5 Å². The minimum Gasteiger partial charge on any atom is -0.360 e. The number of amides is 2. The molecule has 1 aliphatic heterocycles. The minimum atomic E-state index is -3.55. The maximum absolute atomic E-state index is 15.9. The zero-order chi connectivity index (χ0) is 27.4. The lowest BCUT2D eigenvalue weighted by molar-refractivity contribution is 0.142. The third kappa shape index (κ3) is 5.85. The Morgan fingerprint density at radius 1 is 1.05 bits per heavy atom. The van der Waals surface area contributed by atoms with Crippen molar-refractivity contribution in [3.05, 3.63) is 59.9 Å². The molecule has 1 aliphatic carbocycles. The van der Waals surface area contributed by atoms with Crippen LogP contribution in [0, 0.1) is 11.2 Å². The Balaban J connectivity index is 1.78. The quantitative estimate of drug-likeness (QED) is 0.396. The van der Waals surface area contributed by atoms with Crippen LogP contribution in [0.2, 0.25) is 0 Å². The first-order valence-electron chi connectivity index (χ1n) is 12.9. The van der Waals surface area contributed by atoms with Crippen molar-refractivity contribution in [2.75, 3.05) is 12.8 Å². The highest BCUT2D eigenvalue weighted by Gasteiger charge is 2.62. The summed E-state index contributed by atoms with van der Waals surface area (Å²) in [5.74, 6) is -0.334. The molecule has 190 valence electrons. The number of sulfonamides is 1. The van der Waals surface area contributed by atoms with E-state index in [0.717, 1.165) is 24.7 Å². The van der Waals surface area contributed by atoms with Crippen LogP contribution in [0.25, 0.3) is 11.1 Å². The highest BCUT2D eigenvalue weighted by Crippen LogP contribution is 2.56. The lowest BCUT2D eigenvalue weighted by Gasteiger charge is -2.49. The van der Waals surface area contributed by atoms with Gasteiger partial charge in [-0.3, -0.25) is 0 Å². The second-order valence-corrected chi connectivity index (χ2v) is 14.5. The van der Waals surface area contributed by atoms with Gasteiger partial charge in [0.15, 0.2) is 0 Å². The van der Waals surface area contributed by atoms with Gasteiger partial charge in [0.25, 0.3) is 0 Å². The van der Waals surface area contributed by atoms with Gasteiger partial charge in [0, 0.05) is 23.6 Å². The summed E-state index contributed by atoms with van der Waals surface area (Å²) in [5.41, 5.74) is 1.42. The Bertz CT molecular complexity index is 1270. The summed E-state index contributed by atoms with van der Waals surface area (Å²) >= 11 is 0. The molecule has 1 saturated heterocycles. The van der Waals surface area contributed by atoms with Gasteiger partial charge in [0.05, 0.1) is 12.3 Å². The molecule has 4 rings (SSSR count). The van der Waals surface area contributed by atoms with E-state index in [0.29, 0.717) is 17.7 Å². The molecule has 2 atom stereocenters. The Kier molecular flexibility index (Phi) is 7.25. The number of hydrogen-bond donors (Lipinski definition) is 1.